The molecule has 0 aromatic carbocycles. The molecule has 0 radical (unpaired) electrons. The zero-order valence-corrected chi connectivity index (χ0v) is 18.6. The Morgan fingerprint density at radius 1 is 0.967 bits per heavy atom. The molecular formula is C27H36O3. The number of carbonyl (C=O) groups excluding carboxylic acids is 1. The standard InChI is InChI=1S/C27H36O3/c1-26-11-9-17(24-4-3-13-29-24)14-19(26)5-6-20-22-8-7-21(18-15-25(28)30-16-18)27(22,2)12-10-23(20)26/h3-4,13,15,17,19-23H,5-12,14,16H2,1-2H3/t17?,19?,20-,21+,22-,23-,26-,27+/m0/s1. The summed E-state index contributed by atoms with van der Waals surface area (Å²) < 4.78 is 11.1. The van der Waals surface area contributed by atoms with Crippen LogP contribution in [0.2, 0.25) is 0 Å². The van der Waals surface area contributed by atoms with Crippen LogP contribution in [0.1, 0.15) is 83.3 Å². The maximum atomic E-state index is 11.7. The highest BCUT2D eigenvalue weighted by Gasteiger charge is 2.60. The molecule has 0 amide bonds. The summed E-state index contributed by atoms with van der Waals surface area (Å²) in [4.78, 5) is 11.7. The molecule has 4 aliphatic carbocycles. The van der Waals surface area contributed by atoms with Gasteiger partial charge in [-0.05, 0) is 116 Å². The number of hydrogen-bond donors (Lipinski definition) is 0. The summed E-state index contributed by atoms with van der Waals surface area (Å²) >= 11 is 0. The SMILES string of the molecule is C[C@]12CC[C@H]3[C@@H](CCC4CC(c5ccco5)CC[C@@]43C)[C@@H]1CC[C@@H]2C1=CC(=O)OC1. The summed E-state index contributed by atoms with van der Waals surface area (Å²) in [6.07, 6.45) is 15.8. The lowest BCUT2D eigenvalue weighted by Gasteiger charge is -2.61. The van der Waals surface area contributed by atoms with E-state index in [9.17, 15) is 4.79 Å². The van der Waals surface area contributed by atoms with Gasteiger partial charge in [0, 0.05) is 12.0 Å². The minimum Gasteiger partial charge on any atom is -0.469 e. The zero-order chi connectivity index (χ0) is 20.5. The van der Waals surface area contributed by atoms with Crippen molar-refractivity contribution in [1.82, 2.24) is 0 Å². The van der Waals surface area contributed by atoms with Gasteiger partial charge in [0.1, 0.15) is 12.4 Å². The molecule has 5 aliphatic rings. The lowest BCUT2D eigenvalue weighted by atomic mass is 9.44. The summed E-state index contributed by atoms with van der Waals surface area (Å²) in [6.45, 7) is 5.75. The number of esters is 1. The first-order valence-corrected chi connectivity index (χ1v) is 12.4. The van der Waals surface area contributed by atoms with Crippen LogP contribution in [0.5, 0.6) is 0 Å². The third-order valence-corrected chi connectivity index (χ3v) is 10.7. The minimum atomic E-state index is -0.118. The van der Waals surface area contributed by atoms with Crippen LogP contribution in [0.25, 0.3) is 0 Å². The van der Waals surface area contributed by atoms with E-state index in [4.69, 9.17) is 9.15 Å². The topological polar surface area (TPSA) is 39.4 Å². The molecule has 0 saturated heterocycles. The van der Waals surface area contributed by atoms with E-state index in [2.05, 4.69) is 26.0 Å². The first-order chi connectivity index (χ1) is 14.5. The molecule has 6 rings (SSSR count). The highest BCUT2D eigenvalue weighted by atomic mass is 16.5. The average Bonchev–Trinajstić information content (AvgIpc) is 3.46. The molecule has 1 aromatic rings. The third kappa shape index (κ3) is 2.66. The lowest BCUT2D eigenvalue weighted by molar-refractivity contribution is -0.135. The van der Waals surface area contributed by atoms with E-state index in [-0.39, 0.29) is 5.97 Å². The number of hydrogen-bond acceptors (Lipinski definition) is 3. The van der Waals surface area contributed by atoms with Crippen molar-refractivity contribution in [2.75, 3.05) is 6.61 Å². The Kier molecular flexibility index (Phi) is 4.31. The lowest BCUT2D eigenvalue weighted by Crippen LogP contribution is -2.53. The minimum absolute atomic E-state index is 0.118. The van der Waals surface area contributed by atoms with Gasteiger partial charge >= 0.3 is 5.97 Å². The van der Waals surface area contributed by atoms with Crippen molar-refractivity contribution in [3.63, 3.8) is 0 Å². The van der Waals surface area contributed by atoms with Crippen LogP contribution in [-0.2, 0) is 9.53 Å². The predicted molar refractivity (Wildman–Crippen MR) is 116 cm³/mol. The molecule has 4 saturated carbocycles. The van der Waals surface area contributed by atoms with Gasteiger partial charge in [-0.3, -0.25) is 0 Å². The molecule has 162 valence electrons. The Hall–Kier alpha value is -1.51. The number of fused-ring (bicyclic) bond motifs is 5. The summed E-state index contributed by atoms with van der Waals surface area (Å²) in [5.41, 5.74) is 2.18. The van der Waals surface area contributed by atoms with Crippen molar-refractivity contribution in [2.45, 2.75) is 77.6 Å². The van der Waals surface area contributed by atoms with E-state index in [1.807, 2.05) is 12.3 Å². The Morgan fingerprint density at radius 3 is 2.57 bits per heavy atom. The molecular weight excluding hydrogens is 372 g/mol. The van der Waals surface area contributed by atoms with Crippen molar-refractivity contribution < 1.29 is 13.9 Å². The van der Waals surface area contributed by atoms with E-state index in [0.717, 1.165) is 23.7 Å². The molecule has 8 atom stereocenters. The van der Waals surface area contributed by atoms with Gasteiger partial charge in [-0.1, -0.05) is 13.8 Å². The molecule has 4 fully saturated rings. The molecule has 0 bridgehead atoms. The molecule has 1 aliphatic heterocycles. The van der Waals surface area contributed by atoms with Crippen LogP contribution >= 0.6 is 0 Å². The second-order valence-electron chi connectivity index (χ2n) is 11.6. The summed E-state index contributed by atoms with van der Waals surface area (Å²) in [6, 6.07) is 4.24. The van der Waals surface area contributed by atoms with Crippen molar-refractivity contribution >= 4 is 5.97 Å². The molecule has 30 heavy (non-hydrogen) atoms. The van der Waals surface area contributed by atoms with Crippen LogP contribution in [-0.4, -0.2) is 12.6 Å². The Balaban J connectivity index is 1.23. The van der Waals surface area contributed by atoms with Gasteiger partial charge in [0.05, 0.1) is 6.26 Å². The van der Waals surface area contributed by atoms with Crippen LogP contribution < -0.4 is 0 Å². The van der Waals surface area contributed by atoms with Gasteiger partial charge < -0.3 is 9.15 Å². The van der Waals surface area contributed by atoms with E-state index in [1.165, 1.54) is 69.1 Å². The fourth-order valence-corrected chi connectivity index (χ4v) is 9.24. The predicted octanol–water partition coefficient (Wildman–Crippen LogP) is 6.51. The van der Waals surface area contributed by atoms with Gasteiger partial charge in [-0.15, -0.1) is 0 Å². The third-order valence-electron chi connectivity index (χ3n) is 10.7. The van der Waals surface area contributed by atoms with Crippen LogP contribution in [0, 0.1) is 40.4 Å². The highest BCUT2D eigenvalue weighted by Crippen LogP contribution is 2.69. The Labute approximate surface area is 180 Å². The highest BCUT2D eigenvalue weighted by molar-refractivity contribution is 5.85. The second-order valence-corrected chi connectivity index (χ2v) is 11.6. The first kappa shape index (κ1) is 19.2. The van der Waals surface area contributed by atoms with Crippen LogP contribution in [0.15, 0.2) is 34.5 Å². The molecule has 3 heteroatoms. The average molecular weight is 409 g/mol. The fraction of sp³-hybridized carbons (Fsp3) is 0.741. The van der Waals surface area contributed by atoms with E-state index in [1.54, 1.807) is 0 Å². The van der Waals surface area contributed by atoms with Crippen LogP contribution in [0.3, 0.4) is 0 Å². The first-order valence-electron chi connectivity index (χ1n) is 12.4. The Morgan fingerprint density at radius 2 is 1.80 bits per heavy atom. The molecule has 0 spiro atoms. The van der Waals surface area contributed by atoms with Gasteiger partial charge in [-0.2, -0.15) is 0 Å². The van der Waals surface area contributed by atoms with E-state index < -0.39 is 0 Å². The molecule has 3 nitrogen and oxygen atoms in total. The van der Waals surface area contributed by atoms with Crippen molar-refractivity contribution in [2.24, 2.45) is 40.4 Å². The molecule has 1 aromatic heterocycles. The number of cyclic esters (lactones) is 1. The summed E-state index contributed by atoms with van der Waals surface area (Å²) in [7, 11) is 0. The molecule has 2 heterocycles. The second kappa shape index (κ2) is 6.74. The molecule has 2 unspecified atom stereocenters. The van der Waals surface area contributed by atoms with Crippen LogP contribution in [0.4, 0.5) is 0 Å². The van der Waals surface area contributed by atoms with E-state index >= 15 is 0 Å². The normalized spacial score (nSPS) is 47.8. The van der Waals surface area contributed by atoms with Crippen molar-refractivity contribution in [1.29, 1.82) is 0 Å². The van der Waals surface area contributed by atoms with Gasteiger partial charge in [0.15, 0.2) is 0 Å². The smallest absolute Gasteiger partial charge is 0.331 e. The largest absolute Gasteiger partial charge is 0.469 e. The maximum absolute atomic E-state index is 11.7. The molecule has 0 N–H and O–H groups in total. The van der Waals surface area contributed by atoms with Crippen molar-refractivity contribution in [3.8, 4) is 0 Å². The summed E-state index contributed by atoms with van der Waals surface area (Å²) in [5, 5.41) is 0. The summed E-state index contributed by atoms with van der Waals surface area (Å²) in [5.74, 6) is 5.75. The zero-order valence-electron chi connectivity index (χ0n) is 18.6. The Bertz CT molecular complexity index is 853. The fourth-order valence-electron chi connectivity index (χ4n) is 9.24. The number of carbonyl (C=O) groups is 1. The quantitative estimate of drug-likeness (QED) is 0.524. The number of ether oxygens (including phenoxy) is 1. The van der Waals surface area contributed by atoms with Gasteiger partial charge in [0.2, 0.25) is 0 Å². The monoisotopic (exact) mass is 408 g/mol. The van der Waals surface area contributed by atoms with E-state index in [0.29, 0.717) is 29.3 Å². The van der Waals surface area contributed by atoms with Crippen molar-refractivity contribution in [3.05, 3.63) is 35.8 Å². The van der Waals surface area contributed by atoms with Gasteiger partial charge in [0.25, 0.3) is 0 Å². The number of rotatable bonds is 2. The number of furan rings is 1. The maximum Gasteiger partial charge on any atom is 0.331 e. The van der Waals surface area contributed by atoms with Gasteiger partial charge in [-0.25, -0.2) is 4.79 Å².